The summed E-state index contributed by atoms with van der Waals surface area (Å²) < 4.78 is 5.42. The number of aliphatic imine (C=N–C) groups is 2. The van der Waals surface area contributed by atoms with Crippen molar-refractivity contribution in [2.24, 2.45) is 9.98 Å². The number of fused-ring (bicyclic) bond motifs is 4. The SMILES string of the molecule is CC(=O)OC1CCc2ccc(N=CN3CCc4ccccc4C3)cc21.OC1CCc2ccc(N=CN3CCc4ccccc4C3)cc21. The van der Waals surface area contributed by atoms with Crippen LogP contribution in [0.4, 0.5) is 11.4 Å². The fraction of sp³-hybridized carbons (Fsp3) is 0.325. The molecule has 0 bridgehead atoms. The highest BCUT2D eigenvalue weighted by Gasteiger charge is 2.25. The lowest BCUT2D eigenvalue weighted by atomic mass is 10.0. The van der Waals surface area contributed by atoms with Crippen LogP contribution in [0.2, 0.25) is 0 Å². The van der Waals surface area contributed by atoms with Gasteiger partial charge in [0, 0.05) is 33.1 Å². The lowest BCUT2D eigenvalue weighted by Crippen LogP contribution is -2.29. The number of aliphatic hydroxyl groups is 1. The van der Waals surface area contributed by atoms with Crippen LogP contribution in [-0.2, 0) is 48.3 Å². The molecule has 0 fully saturated rings. The summed E-state index contributed by atoms with van der Waals surface area (Å²) in [4.78, 5) is 25.0. The number of benzene rings is 4. The highest BCUT2D eigenvalue weighted by Crippen LogP contribution is 2.36. The van der Waals surface area contributed by atoms with Gasteiger partial charge in [-0.2, -0.15) is 0 Å². The highest BCUT2D eigenvalue weighted by atomic mass is 16.5. The van der Waals surface area contributed by atoms with E-state index in [1.54, 1.807) is 0 Å². The van der Waals surface area contributed by atoms with Gasteiger partial charge >= 0.3 is 5.97 Å². The van der Waals surface area contributed by atoms with E-state index < -0.39 is 0 Å². The molecular formula is C40H42N4O3. The molecule has 7 heteroatoms. The van der Waals surface area contributed by atoms with Gasteiger partial charge in [0.25, 0.3) is 0 Å². The number of rotatable bonds is 5. The average molecular weight is 627 g/mol. The smallest absolute Gasteiger partial charge is 0.303 e. The highest BCUT2D eigenvalue weighted by molar-refractivity contribution is 5.67. The molecule has 8 rings (SSSR count). The maximum absolute atomic E-state index is 11.3. The maximum Gasteiger partial charge on any atom is 0.303 e. The van der Waals surface area contributed by atoms with E-state index in [4.69, 9.17) is 4.74 Å². The number of aryl methyl sites for hydroxylation is 2. The van der Waals surface area contributed by atoms with Crippen LogP contribution in [0.1, 0.15) is 76.5 Å². The van der Waals surface area contributed by atoms with Gasteiger partial charge in [-0.05, 0) is 107 Å². The number of hydrogen-bond acceptors (Lipinski definition) is 5. The Morgan fingerprint density at radius 1 is 0.681 bits per heavy atom. The van der Waals surface area contributed by atoms with Crippen LogP contribution < -0.4 is 0 Å². The first-order valence-corrected chi connectivity index (χ1v) is 16.8. The number of aliphatic hydroxyl groups excluding tert-OH is 1. The summed E-state index contributed by atoms with van der Waals surface area (Å²) in [5.74, 6) is -0.223. The third-order valence-electron chi connectivity index (χ3n) is 9.70. The van der Waals surface area contributed by atoms with Crippen LogP contribution in [0.3, 0.4) is 0 Å². The second-order valence-electron chi connectivity index (χ2n) is 12.9. The van der Waals surface area contributed by atoms with Crippen molar-refractivity contribution in [3.63, 3.8) is 0 Å². The first-order valence-electron chi connectivity index (χ1n) is 16.8. The third kappa shape index (κ3) is 7.31. The van der Waals surface area contributed by atoms with E-state index in [0.717, 1.165) is 87.2 Å². The van der Waals surface area contributed by atoms with Gasteiger partial charge < -0.3 is 19.6 Å². The fourth-order valence-electron chi connectivity index (χ4n) is 7.13. The normalized spacial score (nSPS) is 19.5. The molecule has 0 radical (unpaired) electrons. The monoisotopic (exact) mass is 626 g/mol. The molecule has 2 atom stereocenters. The number of nitrogens with zero attached hydrogens (tertiary/aromatic N) is 4. The van der Waals surface area contributed by atoms with Crippen molar-refractivity contribution < 1.29 is 14.6 Å². The number of esters is 1. The molecule has 0 spiro atoms. The third-order valence-corrected chi connectivity index (χ3v) is 9.70. The molecule has 47 heavy (non-hydrogen) atoms. The van der Waals surface area contributed by atoms with Crippen LogP contribution >= 0.6 is 0 Å². The van der Waals surface area contributed by atoms with Gasteiger partial charge in [-0.15, -0.1) is 0 Å². The Balaban J connectivity index is 0.000000151. The summed E-state index contributed by atoms with van der Waals surface area (Å²) in [6, 6.07) is 29.6. The van der Waals surface area contributed by atoms with Crippen molar-refractivity contribution in [1.82, 2.24) is 9.80 Å². The van der Waals surface area contributed by atoms with E-state index in [2.05, 4.69) is 86.5 Å². The molecule has 7 nitrogen and oxygen atoms in total. The van der Waals surface area contributed by atoms with Crippen LogP contribution in [0.5, 0.6) is 0 Å². The second-order valence-corrected chi connectivity index (χ2v) is 12.9. The van der Waals surface area contributed by atoms with E-state index in [1.165, 1.54) is 40.3 Å². The molecule has 2 aliphatic heterocycles. The number of carbonyl (C=O) groups excluding carboxylic acids is 1. The molecule has 1 N–H and O–H groups in total. The van der Waals surface area contributed by atoms with Crippen molar-refractivity contribution in [3.8, 4) is 0 Å². The second kappa shape index (κ2) is 13.9. The summed E-state index contributed by atoms with van der Waals surface area (Å²) in [6.45, 7) is 5.29. The van der Waals surface area contributed by atoms with Crippen LogP contribution in [0.15, 0.2) is 94.9 Å². The van der Waals surface area contributed by atoms with E-state index >= 15 is 0 Å². The lowest BCUT2D eigenvalue weighted by Gasteiger charge is -2.26. The Labute approximate surface area is 277 Å². The molecule has 4 aromatic rings. The molecule has 240 valence electrons. The molecule has 2 heterocycles. The molecule has 0 saturated heterocycles. The van der Waals surface area contributed by atoms with Crippen molar-refractivity contribution in [2.45, 2.75) is 70.7 Å². The minimum Gasteiger partial charge on any atom is -0.458 e. The Morgan fingerprint density at radius 2 is 1.19 bits per heavy atom. The van der Waals surface area contributed by atoms with Gasteiger partial charge in [0.05, 0.1) is 30.2 Å². The first-order chi connectivity index (χ1) is 23.0. The van der Waals surface area contributed by atoms with Gasteiger partial charge in [-0.1, -0.05) is 60.7 Å². The lowest BCUT2D eigenvalue weighted by molar-refractivity contribution is -0.146. The van der Waals surface area contributed by atoms with Gasteiger partial charge in [0.15, 0.2) is 0 Å². The van der Waals surface area contributed by atoms with Crippen LogP contribution in [-0.4, -0.2) is 46.6 Å². The molecule has 4 aromatic carbocycles. The van der Waals surface area contributed by atoms with Gasteiger partial charge in [0.1, 0.15) is 6.10 Å². The van der Waals surface area contributed by atoms with E-state index in [-0.39, 0.29) is 18.2 Å². The Bertz CT molecular complexity index is 1820. The van der Waals surface area contributed by atoms with Crippen molar-refractivity contribution in [3.05, 3.63) is 129 Å². The van der Waals surface area contributed by atoms with Crippen LogP contribution in [0.25, 0.3) is 0 Å². The quantitative estimate of drug-likeness (QED) is 0.143. The predicted molar refractivity (Wildman–Crippen MR) is 186 cm³/mol. The molecule has 0 saturated carbocycles. The van der Waals surface area contributed by atoms with Crippen LogP contribution in [0, 0.1) is 0 Å². The van der Waals surface area contributed by atoms with E-state index in [1.807, 2.05) is 30.9 Å². The van der Waals surface area contributed by atoms with E-state index in [9.17, 15) is 9.90 Å². The fourth-order valence-corrected chi connectivity index (χ4v) is 7.13. The standard InChI is InChI=1S/C21H22N2O2.C19H20N2O/c1-15(24)25-21-9-7-17-6-8-19(12-20(17)21)22-14-23-11-10-16-4-2-3-5-18(16)13-23;22-19-8-6-15-5-7-17(11-18(15)19)20-13-21-10-9-14-3-1-2-4-16(14)12-21/h2-6,8,12,14,21H,7,9-11,13H2,1H3;1-5,7,11,13,19,22H,6,8-10,12H2. The Kier molecular flexibility index (Phi) is 9.16. The summed E-state index contributed by atoms with van der Waals surface area (Å²) >= 11 is 0. The molecular weight excluding hydrogens is 584 g/mol. The zero-order chi connectivity index (χ0) is 32.2. The summed E-state index contributed by atoms with van der Waals surface area (Å²) in [5.41, 5.74) is 12.2. The van der Waals surface area contributed by atoms with Crippen molar-refractivity contribution in [2.75, 3.05) is 13.1 Å². The predicted octanol–water partition coefficient (Wildman–Crippen LogP) is 7.34. The summed E-state index contributed by atoms with van der Waals surface area (Å²) in [5, 5.41) is 9.97. The zero-order valence-corrected chi connectivity index (χ0v) is 27.0. The van der Waals surface area contributed by atoms with E-state index in [0.29, 0.717) is 0 Å². The number of ether oxygens (including phenoxy) is 1. The minimum atomic E-state index is -0.313. The van der Waals surface area contributed by atoms with Gasteiger partial charge in [-0.3, -0.25) is 4.79 Å². The minimum absolute atomic E-state index is 0.121. The van der Waals surface area contributed by atoms with Gasteiger partial charge in [-0.25, -0.2) is 9.98 Å². The topological polar surface area (TPSA) is 77.7 Å². The first kappa shape index (κ1) is 30.9. The Hall–Kier alpha value is -4.75. The molecule has 0 amide bonds. The molecule has 0 aromatic heterocycles. The zero-order valence-electron chi connectivity index (χ0n) is 27.0. The largest absolute Gasteiger partial charge is 0.458 e. The average Bonchev–Trinajstić information content (AvgIpc) is 3.68. The molecule has 2 unspecified atom stereocenters. The Morgan fingerprint density at radius 3 is 1.77 bits per heavy atom. The summed E-state index contributed by atoms with van der Waals surface area (Å²) in [7, 11) is 0. The van der Waals surface area contributed by atoms with Crippen molar-refractivity contribution in [1.29, 1.82) is 0 Å². The number of carbonyl (C=O) groups is 1. The molecule has 2 aliphatic carbocycles. The van der Waals surface area contributed by atoms with Gasteiger partial charge in [0.2, 0.25) is 0 Å². The molecule has 4 aliphatic rings. The maximum atomic E-state index is 11.3. The summed E-state index contributed by atoms with van der Waals surface area (Å²) in [6.07, 6.45) is 9.22. The number of hydrogen-bond donors (Lipinski definition) is 1. The van der Waals surface area contributed by atoms with Crippen molar-refractivity contribution >= 4 is 30.0 Å².